The lowest BCUT2D eigenvalue weighted by molar-refractivity contribution is 0.262. The van der Waals surface area contributed by atoms with Crippen molar-refractivity contribution >= 4 is 45.7 Å². The number of fused-ring (bicyclic) bond motifs is 1. The van der Waals surface area contributed by atoms with Crippen molar-refractivity contribution in [3.05, 3.63) is 76.8 Å². The first-order valence-electron chi connectivity index (χ1n) is 10.5. The molecule has 1 aromatic heterocycles. The van der Waals surface area contributed by atoms with E-state index in [0.717, 1.165) is 44.5 Å². The largest absolute Gasteiger partial charge is 0.378 e. The highest BCUT2D eigenvalue weighted by Crippen LogP contribution is 2.42. The summed E-state index contributed by atoms with van der Waals surface area (Å²) in [6.45, 7) is 4.16. The van der Waals surface area contributed by atoms with E-state index in [4.69, 9.17) is 11.6 Å². The van der Waals surface area contributed by atoms with Crippen LogP contribution in [0.1, 0.15) is 11.1 Å². The Balaban J connectivity index is 1.77. The quantitative estimate of drug-likeness (QED) is 0.361. The van der Waals surface area contributed by atoms with Gasteiger partial charge in [0.2, 0.25) is 0 Å². The van der Waals surface area contributed by atoms with E-state index in [1.807, 2.05) is 79.1 Å². The normalized spacial score (nSPS) is 10.9. The van der Waals surface area contributed by atoms with E-state index in [9.17, 15) is 4.79 Å². The third-order valence-electron chi connectivity index (χ3n) is 5.64. The molecule has 0 spiro atoms. The Morgan fingerprint density at radius 2 is 1.66 bits per heavy atom. The van der Waals surface area contributed by atoms with Crippen molar-refractivity contribution in [2.24, 2.45) is 7.05 Å². The predicted molar refractivity (Wildman–Crippen MR) is 136 cm³/mol. The van der Waals surface area contributed by atoms with Crippen LogP contribution in [0.4, 0.5) is 22.0 Å². The molecule has 4 aromatic rings. The SMILES string of the molecule is Cc1cc(C)c2c(c1)c(-c1ccccc1Cl)c(NC(=O)Nc1ccc(N(C)C)cc1)n2C. The smallest absolute Gasteiger partial charge is 0.324 e. The fourth-order valence-electron chi connectivity index (χ4n) is 4.20. The van der Waals surface area contributed by atoms with Crippen LogP contribution in [0, 0.1) is 13.8 Å². The van der Waals surface area contributed by atoms with Crippen molar-refractivity contribution in [3.8, 4) is 11.1 Å². The average Bonchev–Trinajstić information content (AvgIpc) is 3.00. The molecule has 32 heavy (non-hydrogen) atoms. The van der Waals surface area contributed by atoms with Gasteiger partial charge in [0, 0.05) is 54.1 Å². The second kappa shape index (κ2) is 8.60. The van der Waals surface area contributed by atoms with Gasteiger partial charge in [0.1, 0.15) is 5.82 Å². The van der Waals surface area contributed by atoms with Crippen LogP contribution >= 0.6 is 11.6 Å². The Kier molecular flexibility index (Phi) is 5.85. The maximum Gasteiger partial charge on any atom is 0.324 e. The van der Waals surface area contributed by atoms with Crippen LogP contribution in [-0.2, 0) is 7.05 Å². The van der Waals surface area contributed by atoms with Crippen molar-refractivity contribution in [2.75, 3.05) is 29.6 Å². The Bertz CT molecular complexity index is 1310. The molecule has 0 atom stereocenters. The number of nitrogens with zero attached hydrogens (tertiary/aromatic N) is 2. The summed E-state index contributed by atoms with van der Waals surface area (Å²) in [4.78, 5) is 15.0. The summed E-state index contributed by atoms with van der Waals surface area (Å²) in [6, 6.07) is 19.4. The number of carbonyl (C=O) groups excluding carboxylic acids is 1. The molecule has 6 heteroatoms. The number of benzene rings is 3. The van der Waals surface area contributed by atoms with E-state index < -0.39 is 0 Å². The lowest BCUT2D eigenvalue weighted by atomic mass is 10.0. The molecule has 2 N–H and O–H groups in total. The number of urea groups is 1. The number of anilines is 3. The van der Waals surface area contributed by atoms with Crippen LogP contribution in [0.25, 0.3) is 22.0 Å². The topological polar surface area (TPSA) is 49.3 Å². The van der Waals surface area contributed by atoms with E-state index in [1.165, 1.54) is 0 Å². The highest BCUT2D eigenvalue weighted by molar-refractivity contribution is 6.34. The molecule has 0 radical (unpaired) electrons. The van der Waals surface area contributed by atoms with Crippen LogP contribution in [0.15, 0.2) is 60.7 Å². The van der Waals surface area contributed by atoms with Gasteiger partial charge in [-0.25, -0.2) is 4.79 Å². The molecular weight excluding hydrogens is 420 g/mol. The molecule has 0 unspecified atom stereocenters. The van der Waals surface area contributed by atoms with Gasteiger partial charge in [-0.2, -0.15) is 0 Å². The molecule has 4 rings (SSSR count). The number of aryl methyl sites for hydroxylation is 3. The second-order valence-corrected chi connectivity index (χ2v) is 8.67. The molecule has 164 valence electrons. The standard InChI is InChI=1S/C26H27ClN4O/c1-16-14-17(2)24-21(15-16)23(20-8-6-7-9-22(20)27)25(31(24)5)29-26(32)28-18-10-12-19(13-11-18)30(3)4/h6-15H,1-5H3,(H2,28,29,32). The number of aromatic nitrogens is 1. The maximum absolute atomic E-state index is 13.0. The zero-order chi connectivity index (χ0) is 23.0. The number of nitrogens with one attached hydrogen (secondary N) is 2. The minimum Gasteiger partial charge on any atom is -0.378 e. The third kappa shape index (κ3) is 4.04. The van der Waals surface area contributed by atoms with Crippen molar-refractivity contribution in [3.63, 3.8) is 0 Å². The lowest BCUT2D eigenvalue weighted by Crippen LogP contribution is -2.21. The molecule has 0 bridgehead atoms. The zero-order valence-corrected chi connectivity index (χ0v) is 19.7. The van der Waals surface area contributed by atoms with Crippen LogP contribution in [0.3, 0.4) is 0 Å². The molecule has 0 fully saturated rings. The lowest BCUT2D eigenvalue weighted by Gasteiger charge is -2.14. The van der Waals surface area contributed by atoms with Crippen molar-refractivity contribution in [1.29, 1.82) is 0 Å². The molecule has 5 nitrogen and oxygen atoms in total. The first kappa shape index (κ1) is 21.8. The van der Waals surface area contributed by atoms with Gasteiger partial charge in [-0.15, -0.1) is 0 Å². The van der Waals surface area contributed by atoms with Crippen molar-refractivity contribution in [1.82, 2.24) is 4.57 Å². The highest BCUT2D eigenvalue weighted by Gasteiger charge is 2.21. The number of hydrogen-bond donors (Lipinski definition) is 2. The molecule has 2 amide bonds. The summed E-state index contributed by atoms with van der Waals surface area (Å²) in [5.74, 6) is 0.698. The zero-order valence-electron chi connectivity index (χ0n) is 19.0. The van der Waals surface area contributed by atoms with Crippen molar-refractivity contribution in [2.45, 2.75) is 13.8 Å². The number of amides is 2. The van der Waals surface area contributed by atoms with E-state index in [-0.39, 0.29) is 6.03 Å². The van der Waals surface area contributed by atoms with E-state index >= 15 is 0 Å². The minimum absolute atomic E-state index is 0.309. The molecule has 0 aliphatic heterocycles. The number of carbonyl (C=O) groups is 1. The van der Waals surface area contributed by atoms with Gasteiger partial charge in [-0.05, 0) is 55.8 Å². The Morgan fingerprint density at radius 3 is 2.31 bits per heavy atom. The molecule has 1 heterocycles. The average molecular weight is 447 g/mol. The van der Waals surface area contributed by atoms with Gasteiger partial charge in [0.15, 0.2) is 0 Å². The fourth-order valence-corrected chi connectivity index (χ4v) is 4.43. The van der Waals surface area contributed by atoms with E-state index in [2.05, 4.69) is 36.6 Å². The minimum atomic E-state index is -0.309. The summed E-state index contributed by atoms with van der Waals surface area (Å²) in [6.07, 6.45) is 0. The monoisotopic (exact) mass is 446 g/mol. The van der Waals surface area contributed by atoms with Gasteiger partial charge in [0.05, 0.1) is 5.52 Å². The third-order valence-corrected chi connectivity index (χ3v) is 5.97. The second-order valence-electron chi connectivity index (χ2n) is 8.26. The maximum atomic E-state index is 13.0. The van der Waals surface area contributed by atoms with Crippen LogP contribution < -0.4 is 15.5 Å². The molecule has 3 aromatic carbocycles. The number of rotatable bonds is 4. The van der Waals surface area contributed by atoms with E-state index in [0.29, 0.717) is 10.8 Å². The van der Waals surface area contributed by atoms with Crippen molar-refractivity contribution < 1.29 is 4.79 Å². The van der Waals surface area contributed by atoms with Gasteiger partial charge in [0.25, 0.3) is 0 Å². The summed E-state index contributed by atoms with van der Waals surface area (Å²) >= 11 is 6.59. The first-order chi connectivity index (χ1) is 15.3. The summed E-state index contributed by atoms with van der Waals surface area (Å²) in [7, 11) is 5.93. The van der Waals surface area contributed by atoms with Crippen LogP contribution in [0.5, 0.6) is 0 Å². The Labute approximate surface area is 193 Å². The molecule has 0 aliphatic carbocycles. The molecule has 0 saturated carbocycles. The number of halogens is 1. The summed E-state index contributed by atoms with van der Waals surface area (Å²) < 4.78 is 2.03. The first-order valence-corrected chi connectivity index (χ1v) is 10.8. The predicted octanol–water partition coefficient (Wildman–Crippen LogP) is 6.83. The van der Waals surface area contributed by atoms with Gasteiger partial charge < -0.3 is 14.8 Å². The van der Waals surface area contributed by atoms with E-state index in [1.54, 1.807) is 0 Å². The van der Waals surface area contributed by atoms with Gasteiger partial charge in [-0.1, -0.05) is 41.4 Å². The summed E-state index contributed by atoms with van der Waals surface area (Å²) in [5.41, 5.74) is 6.95. The number of hydrogen-bond acceptors (Lipinski definition) is 2. The van der Waals surface area contributed by atoms with Crippen LogP contribution in [0.2, 0.25) is 5.02 Å². The van der Waals surface area contributed by atoms with Gasteiger partial charge >= 0.3 is 6.03 Å². The molecule has 0 aliphatic rings. The molecular formula is C26H27ClN4O. The van der Waals surface area contributed by atoms with Crippen LogP contribution in [-0.4, -0.2) is 24.7 Å². The fraction of sp³-hybridized carbons (Fsp3) is 0.192. The molecule has 0 saturated heterocycles. The Hall–Kier alpha value is -3.44. The highest BCUT2D eigenvalue weighted by atomic mass is 35.5. The Morgan fingerprint density at radius 1 is 0.969 bits per heavy atom. The summed E-state index contributed by atoms with van der Waals surface area (Å²) in [5, 5.41) is 7.70. The van der Waals surface area contributed by atoms with Gasteiger partial charge in [-0.3, -0.25) is 5.32 Å².